The molecular weight excluding hydrogens is 278 g/mol. The van der Waals surface area contributed by atoms with E-state index in [1.54, 1.807) is 16.8 Å². The number of aromatic nitrogens is 5. The fourth-order valence-electron chi connectivity index (χ4n) is 2.36. The van der Waals surface area contributed by atoms with Crippen molar-refractivity contribution in [1.82, 2.24) is 25.2 Å². The lowest BCUT2D eigenvalue weighted by atomic mass is 10.3. The van der Waals surface area contributed by atoms with Gasteiger partial charge in [-0.15, -0.1) is 5.10 Å². The SMILES string of the molecule is O=C(O)c1ncccc1Sc1nnnn1C1CCCC1. The van der Waals surface area contributed by atoms with E-state index < -0.39 is 5.97 Å². The molecule has 2 aromatic rings. The summed E-state index contributed by atoms with van der Waals surface area (Å²) in [5, 5.41) is 21.5. The molecule has 1 saturated carbocycles. The van der Waals surface area contributed by atoms with E-state index in [0.717, 1.165) is 12.8 Å². The zero-order chi connectivity index (χ0) is 13.9. The first-order chi connectivity index (χ1) is 9.75. The average molecular weight is 291 g/mol. The van der Waals surface area contributed by atoms with Crippen LogP contribution in [-0.2, 0) is 0 Å². The van der Waals surface area contributed by atoms with E-state index in [0.29, 0.717) is 16.1 Å². The van der Waals surface area contributed by atoms with E-state index in [2.05, 4.69) is 20.5 Å². The number of carboxylic acids is 1. The number of rotatable bonds is 4. The summed E-state index contributed by atoms with van der Waals surface area (Å²) in [5.41, 5.74) is 0.0264. The highest BCUT2D eigenvalue weighted by atomic mass is 32.2. The van der Waals surface area contributed by atoms with E-state index in [4.69, 9.17) is 5.11 Å². The minimum absolute atomic E-state index is 0.0264. The third kappa shape index (κ3) is 2.51. The van der Waals surface area contributed by atoms with Gasteiger partial charge in [0.15, 0.2) is 5.69 Å². The van der Waals surface area contributed by atoms with Crippen molar-refractivity contribution in [3.63, 3.8) is 0 Å². The minimum Gasteiger partial charge on any atom is -0.476 e. The lowest BCUT2D eigenvalue weighted by molar-refractivity contribution is 0.0686. The second-order valence-electron chi connectivity index (χ2n) is 4.60. The zero-order valence-electron chi connectivity index (χ0n) is 10.6. The van der Waals surface area contributed by atoms with Crippen LogP contribution in [0.25, 0.3) is 0 Å². The van der Waals surface area contributed by atoms with Gasteiger partial charge in [0.05, 0.1) is 6.04 Å². The Bertz CT molecular complexity index is 624. The molecule has 0 aliphatic heterocycles. The number of hydrogen-bond donors (Lipinski definition) is 1. The molecule has 20 heavy (non-hydrogen) atoms. The number of carbonyl (C=O) groups is 1. The van der Waals surface area contributed by atoms with Gasteiger partial charge in [0, 0.05) is 11.1 Å². The number of tetrazole rings is 1. The Hall–Kier alpha value is -1.96. The number of pyridine rings is 1. The normalized spacial score (nSPS) is 15.6. The molecular formula is C12H13N5O2S. The van der Waals surface area contributed by atoms with Crippen LogP contribution in [0.3, 0.4) is 0 Å². The van der Waals surface area contributed by atoms with Crippen LogP contribution in [0, 0.1) is 0 Å². The van der Waals surface area contributed by atoms with Gasteiger partial charge in [-0.1, -0.05) is 12.8 Å². The first-order valence-corrected chi connectivity index (χ1v) is 7.21. The second-order valence-corrected chi connectivity index (χ2v) is 5.61. The second kappa shape index (κ2) is 5.58. The van der Waals surface area contributed by atoms with Gasteiger partial charge in [0.25, 0.3) is 0 Å². The maximum atomic E-state index is 11.2. The minimum atomic E-state index is -1.05. The van der Waals surface area contributed by atoms with Crippen molar-refractivity contribution in [2.24, 2.45) is 0 Å². The van der Waals surface area contributed by atoms with Gasteiger partial charge in [-0.2, -0.15) is 0 Å². The van der Waals surface area contributed by atoms with Crippen LogP contribution in [0.5, 0.6) is 0 Å². The highest BCUT2D eigenvalue weighted by Gasteiger charge is 2.23. The van der Waals surface area contributed by atoms with Crippen molar-refractivity contribution < 1.29 is 9.90 Å². The Balaban J connectivity index is 1.88. The van der Waals surface area contributed by atoms with Gasteiger partial charge >= 0.3 is 5.97 Å². The van der Waals surface area contributed by atoms with Crippen molar-refractivity contribution in [3.05, 3.63) is 24.0 Å². The topological polar surface area (TPSA) is 93.8 Å². The van der Waals surface area contributed by atoms with E-state index in [-0.39, 0.29) is 5.69 Å². The number of nitrogens with zero attached hydrogens (tertiary/aromatic N) is 5. The van der Waals surface area contributed by atoms with Gasteiger partial charge < -0.3 is 5.11 Å². The van der Waals surface area contributed by atoms with Crippen LogP contribution in [-0.4, -0.2) is 36.3 Å². The van der Waals surface area contributed by atoms with Crippen LogP contribution in [0.1, 0.15) is 42.2 Å². The smallest absolute Gasteiger partial charge is 0.355 e. The summed E-state index contributed by atoms with van der Waals surface area (Å²) < 4.78 is 1.80. The Kier molecular flexibility index (Phi) is 3.64. The first-order valence-electron chi connectivity index (χ1n) is 6.40. The fourth-order valence-corrected chi connectivity index (χ4v) is 3.30. The molecule has 1 fully saturated rings. The predicted octanol–water partition coefficient (Wildman–Crippen LogP) is 2.03. The molecule has 0 bridgehead atoms. The number of carboxylic acid groups (broad SMARTS) is 1. The highest BCUT2D eigenvalue weighted by Crippen LogP contribution is 2.34. The molecule has 1 N–H and O–H groups in total. The third-order valence-corrected chi connectivity index (χ3v) is 4.31. The summed E-state index contributed by atoms with van der Waals surface area (Å²) in [6.45, 7) is 0. The molecule has 1 aliphatic carbocycles. The Morgan fingerprint density at radius 1 is 1.40 bits per heavy atom. The van der Waals surface area contributed by atoms with Crippen molar-refractivity contribution >= 4 is 17.7 Å². The van der Waals surface area contributed by atoms with Gasteiger partial charge in [0.1, 0.15) is 0 Å². The third-order valence-electron chi connectivity index (χ3n) is 3.31. The largest absolute Gasteiger partial charge is 0.476 e. The molecule has 1 aliphatic rings. The monoisotopic (exact) mass is 291 g/mol. The molecule has 104 valence electrons. The van der Waals surface area contributed by atoms with E-state index >= 15 is 0 Å². The fraction of sp³-hybridized carbons (Fsp3) is 0.417. The number of aromatic carboxylic acids is 1. The van der Waals surface area contributed by atoms with Gasteiger partial charge in [-0.3, -0.25) is 0 Å². The van der Waals surface area contributed by atoms with E-state index in [9.17, 15) is 4.79 Å². The molecule has 2 aromatic heterocycles. The van der Waals surface area contributed by atoms with Crippen molar-refractivity contribution in [3.8, 4) is 0 Å². The zero-order valence-corrected chi connectivity index (χ0v) is 11.5. The van der Waals surface area contributed by atoms with Crippen LogP contribution < -0.4 is 0 Å². The molecule has 3 rings (SSSR count). The lowest BCUT2D eigenvalue weighted by Gasteiger charge is -2.11. The Labute approximate surface area is 119 Å². The predicted molar refractivity (Wildman–Crippen MR) is 70.6 cm³/mol. The maximum absolute atomic E-state index is 11.2. The highest BCUT2D eigenvalue weighted by molar-refractivity contribution is 7.99. The van der Waals surface area contributed by atoms with Crippen molar-refractivity contribution in [1.29, 1.82) is 0 Å². The first kappa shape index (κ1) is 13.0. The summed E-state index contributed by atoms with van der Waals surface area (Å²) in [7, 11) is 0. The maximum Gasteiger partial charge on any atom is 0.355 e. The average Bonchev–Trinajstić information content (AvgIpc) is 3.09. The summed E-state index contributed by atoms with van der Waals surface area (Å²) in [5.74, 6) is -1.05. The molecule has 2 heterocycles. The van der Waals surface area contributed by atoms with Crippen LogP contribution >= 0.6 is 11.8 Å². The number of hydrogen-bond acceptors (Lipinski definition) is 6. The van der Waals surface area contributed by atoms with Crippen molar-refractivity contribution in [2.75, 3.05) is 0 Å². The Morgan fingerprint density at radius 2 is 2.20 bits per heavy atom. The molecule has 0 amide bonds. The molecule has 0 aromatic carbocycles. The van der Waals surface area contributed by atoms with E-state index in [1.807, 2.05) is 0 Å². The standard InChI is InChI=1S/C12H13N5O2S/c18-11(19)10-9(6-3-7-13-10)20-12-14-15-16-17(12)8-4-1-2-5-8/h3,6-8H,1-2,4-5H2,(H,18,19). The van der Waals surface area contributed by atoms with Crippen LogP contribution in [0.2, 0.25) is 0 Å². The van der Waals surface area contributed by atoms with E-state index in [1.165, 1.54) is 30.8 Å². The van der Waals surface area contributed by atoms with Crippen LogP contribution in [0.4, 0.5) is 0 Å². The van der Waals surface area contributed by atoms with Crippen LogP contribution in [0.15, 0.2) is 28.4 Å². The summed E-state index contributed by atoms with van der Waals surface area (Å²) in [4.78, 5) is 15.6. The van der Waals surface area contributed by atoms with Gasteiger partial charge in [0.2, 0.25) is 5.16 Å². The molecule has 0 unspecified atom stereocenters. The Morgan fingerprint density at radius 3 is 2.95 bits per heavy atom. The molecule has 0 radical (unpaired) electrons. The quantitative estimate of drug-likeness (QED) is 0.921. The van der Waals surface area contributed by atoms with Crippen molar-refractivity contribution in [2.45, 2.75) is 41.8 Å². The summed E-state index contributed by atoms with van der Waals surface area (Å²) in [6.07, 6.45) is 5.96. The van der Waals surface area contributed by atoms with Gasteiger partial charge in [-0.05, 0) is 47.2 Å². The van der Waals surface area contributed by atoms with Gasteiger partial charge in [-0.25, -0.2) is 14.5 Å². The molecule has 0 spiro atoms. The summed E-state index contributed by atoms with van der Waals surface area (Å²) in [6, 6.07) is 3.74. The summed E-state index contributed by atoms with van der Waals surface area (Å²) >= 11 is 1.25. The molecule has 7 nitrogen and oxygen atoms in total. The molecule has 0 saturated heterocycles. The molecule has 8 heteroatoms. The lowest BCUT2D eigenvalue weighted by Crippen LogP contribution is -2.09. The molecule has 0 atom stereocenters.